The molecule has 1 aromatic carbocycles. The number of ether oxygens (including phenoxy) is 3. The molecule has 3 heterocycles. The van der Waals surface area contributed by atoms with Gasteiger partial charge in [-0.15, -0.1) is 10.2 Å². The molecular weight excluding hydrogens is 512 g/mol. The lowest BCUT2D eigenvalue weighted by Gasteiger charge is -2.20. The lowest BCUT2D eigenvalue weighted by atomic mass is 10.2. The molecule has 0 bridgehead atoms. The van der Waals surface area contributed by atoms with Gasteiger partial charge in [-0.25, -0.2) is 18.4 Å². The van der Waals surface area contributed by atoms with E-state index in [0.717, 1.165) is 5.56 Å². The van der Waals surface area contributed by atoms with Crippen LogP contribution < -0.4 is 14.2 Å². The Morgan fingerprint density at radius 1 is 1.00 bits per heavy atom. The first-order valence-corrected chi connectivity index (χ1v) is 13.3. The highest BCUT2D eigenvalue weighted by molar-refractivity contribution is 7.93. The number of sulfonamides is 1. The fourth-order valence-corrected chi connectivity index (χ4v) is 5.21. The molecule has 0 aliphatic heterocycles. The van der Waals surface area contributed by atoms with Gasteiger partial charge in [-0.05, 0) is 50.1 Å². The van der Waals surface area contributed by atoms with E-state index in [4.69, 9.17) is 18.6 Å². The third kappa shape index (κ3) is 5.78. The zero-order chi connectivity index (χ0) is 27.3. The van der Waals surface area contributed by atoms with Crippen LogP contribution in [0.2, 0.25) is 0 Å². The number of anilines is 1. The van der Waals surface area contributed by atoms with Crippen LogP contribution in [0.1, 0.15) is 23.6 Å². The molecule has 0 radical (unpaired) electrons. The van der Waals surface area contributed by atoms with Gasteiger partial charge in [0, 0.05) is 32.5 Å². The Morgan fingerprint density at radius 3 is 2.26 bits per heavy atom. The van der Waals surface area contributed by atoms with E-state index >= 15 is 0 Å². The summed E-state index contributed by atoms with van der Waals surface area (Å²) >= 11 is 0. The molecule has 4 aromatic rings. The Bertz CT molecular complexity index is 1460. The van der Waals surface area contributed by atoms with Crippen molar-refractivity contribution in [1.82, 2.24) is 24.7 Å². The first kappa shape index (κ1) is 27.1. The Labute approximate surface area is 221 Å². The van der Waals surface area contributed by atoms with E-state index in [1.54, 1.807) is 49.6 Å². The zero-order valence-electron chi connectivity index (χ0n) is 21.8. The molecule has 0 saturated heterocycles. The summed E-state index contributed by atoms with van der Waals surface area (Å²) in [6, 6.07) is 8.72. The average molecular weight is 543 g/mol. The summed E-state index contributed by atoms with van der Waals surface area (Å²) in [6.45, 7) is 3.88. The first-order valence-electron chi connectivity index (χ1n) is 11.8. The number of rotatable bonds is 12. The van der Waals surface area contributed by atoms with Gasteiger partial charge in [-0.1, -0.05) is 6.07 Å². The SMILES string of the molecule is COCCC(Cc1ncc(C)cn1)S(=O)(=O)Nc1nnc(-c2ccc(C)o2)n1-c1c(OC)cccc1OC. The van der Waals surface area contributed by atoms with Crippen LogP contribution >= 0.6 is 0 Å². The van der Waals surface area contributed by atoms with Gasteiger partial charge in [-0.3, -0.25) is 9.29 Å². The number of nitrogens with one attached hydrogen (secondary N) is 1. The van der Waals surface area contributed by atoms with Crippen molar-refractivity contribution >= 4 is 16.0 Å². The van der Waals surface area contributed by atoms with Gasteiger partial charge >= 0.3 is 0 Å². The lowest BCUT2D eigenvalue weighted by molar-refractivity contribution is 0.193. The summed E-state index contributed by atoms with van der Waals surface area (Å²) in [5.41, 5.74) is 1.28. The number of hydrogen-bond donors (Lipinski definition) is 1. The number of hydrogen-bond acceptors (Lipinski definition) is 10. The monoisotopic (exact) mass is 542 g/mol. The maximum Gasteiger partial charge on any atom is 0.243 e. The maximum atomic E-state index is 13.7. The molecule has 4 rings (SSSR count). The van der Waals surface area contributed by atoms with Crippen LogP contribution in [0, 0.1) is 13.8 Å². The number of aryl methyl sites for hydroxylation is 2. The van der Waals surface area contributed by atoms with Crippen LogP contribution in [0.15, 0.2) is 47.1 Å². The van der Waals surface area contributed by atoms with Crippen molar-refractivity contribution in [3.63, 3.8) is 0 Å². The second-order valence-electron chi connectivity index (χ2n) is 8.54. The number of nitrogens with zero attached hydrogens (tertiary/aromatic N) is 5. The standard InChI is InChI=1S/C25H30N6O6S/c1-16-14-26-22(27-15-16)13-18(11-12-34-3)38(32,33)30-25-29-28-24(21-10-9-17(2)37-21)31(25)23-19(35-4)7-6-8-20(23)36-5/h6-10,14-15,18H,11-13H2,1-5H3,(H,29,30). The summed E-state index contributed by atoms with van der Waals surface area (Å²) < 4.78 is 53.7. The average Bonchev–Trinajstić information content (AvgIpc) is 3.52. The van der Waals surface area contributed by atoms with E-state index in [-0.39, 0.29) is 31.2 Å². The minimum atomic E-state index is -4.03. The number of furan rings is 1. The second kappa shape index (κ2) is 11.6. The normalized spacial score (nSPS) is 12.3. The molecular formula is C25H30N6O6S. The number of methoxy groups -OCH3 is 3. The zero-order valence-corrected chi connectivity index (χ0v) is 22.7. The Hall–Kier alpha value is -3.97. The molecule has 0 spiro atoms. The van der Waals surface area contributed by atoms with Crippen molar-refractivity contribution in [2.75, 3.05) is 32.7 Å². The second-order valence-corrected chi connectivity index (χ2v) is 10.5. The van der Waals surface area contributed by atoms with E-state index in [2.05, 4.69) is 24.9 Å². The summed E-state index contributed by atoms with van der Waals surface area (Å²) in [7, 11) is 0.492. The lowest BCUT2D eigenvalue weighted by Crippen LogP contribution is -2.32. The number of aromatic nitrogens is 5. The fraction of sp³-hybridized carbons (Fsp3) is 0.360. The quantitative estimate of drug-likeness (QED) is 0.283. The Balaban J connectivity index is 1.81. The van der Waals surface area contributed by atoms with Gasteiger partial charge in [0.2, 0.25) is 21.8 Å². The van der Waals surface area contributed by atoms with Gasteiger partial charge in [0.25, 0.3) is 0 Å². The molecule has 0 aliphatic carbocycles. The first-order chi connectivity index (χ1) is 18.3. The third-order valence-electron chi connectivity index (χ3n) is 5.81. The molecule has 1 N–H and O–H groups in total. The molecule has 38 heavy (non-hydrogen) atoms. The van der Waals surface area contributed by atoms with Gasteiger partial charge in [0.15, 0.2) is 5.76 Å². The highest BCUT2D eigenvalue weighted by atomic mass is 32.2. The Morgan fingerprint density at radius 2 is 1.68 bits per heavy atom. The van der Waals surface area contributed by atoms with E-state index in [1.807, 2.05) is 6.92 Å². The molecule has 3 aromatic heterocycles. The minimum Gasteiger partial charge on any atom is -0.494 e. The largest absolute Gasteiger partial charge is 0.494 e. The van der Waals surface area contributed by atoms with Crippen LogP contribution in [0.4, 0.5) is 5.95 Å². The minimum absolute atomic E-state index is 0.0657. The molecule has 0 fully saturated rings. The van der Waals surface area contributed by atoms with E-state index in [9.17, 15) is 8.42 Å². The van der Waals surface area contributed by atoms with Crippen LogP contribution in [-0.2, 0) is 21.2 Å². The van der Waals surface area contributed by atoms with Crippen molar-refractivity contribution in [2.24, 2.45) is 0 Å². The summed E-state index contributed by atoms with van der Waals surface area (Å²) in [5, 5.41) is 7.53. The van der Waals surface area contributed by atoms with Crippen molar-refractivity contribution in [2.45, 2.75) is 31.9 Å². The van der Waals surface area contributed by atoms with E-state index in [1.165, 1.54) is 25.9 Å². The van der Waals surface area contributed by atoms with Crippen LogP contribution in [-0.4, -0.2) is 66.3 Å². The molecule has 0 amide bonds. The van der Waals surface area contributed by atoms with Crippen molar-refractivity contribution in [1.29, 1.82) is 0 Å². The fourth-order valence-electron chi connectivity index (χ4n) is 3.88. The number of benzene rings is 1. The highest BCUT2D eigenvalue weighted by Crippen LogP contribution is 2.38. The van der Waals surface area contributed by atoms with Gasteiger partial charge < -0.3 is 18.6 Å². The van der Waals surface area contributed by atoms with Crippen molar-refractivity contribution < 1.29 is 27.0 Å². The predicted molar refractivity (Wildman–Crippen MR) is 140 cm³/mol. The summed E-state index contributed by atoms with van der Waals surface area (Å²) in [5.74, 6) is 2.47. The molecule has 0 aliphatic rings. The smallest absolute Gasteiger partial charge is 0.243 e. The van der Waals surface area contributed by atoms with Crippen LogP contribution in [0.3, 0.4) is 0 Å². The molecule has 12 nitrogen and oxygen atoms in total. The molecule has 202 valence electrons. The molecule has 13 heteroatoms. The maximum absolute atomic E-state index is 13.7. The summed E-state index contributed by atoms with van der Waals surface area (Å²) in [4.78, 5) is 8.56. The van der Waals surface area contributed by atoms with Gasteiger partial charge in [0.1, 0.15) is 28.8 Å². The summed E-state index contributed by atoms with van der Waals surface area (Å²) in [6.07, 6.45) is 3.59. The Kier molecular flexibility index (Phi) is 8.27. The van der Waals surface area contributed by atoms with E-state index in [0.29, 0.717) is 34.5 Å². The molecule has 0 saturated carbocycles. The molecule has 1 unspecified atom stereocenters. The van der Waals surface area contributed by atoms with Gasteiger partial charge in [-0.2, -0.15) is 0 Å². The van der Waals surface area contributed by atoms with E-state index < -0.39 is 15.3 Å². The van der Waals surface area contributed by atoms with Crippen molar-refractivity contribution in [3.05, 3.63) is 59.9 Å². The third-order valence-corrected chi connectivity index (χ3v) is 7.56. The van der Waals surface area contributed by atoms with Gasteiger partial charge in [0.05, 0.1) is 19.5 Å². The molecule has 1 atom stereocenters. The van der Waals surface area contributed by atoms with Crippen LogP contribution in [0.25, 0.3) is 17.3 Å². The predicted octanol–water partition coefficient (Wildman–Crippen LogP) is 3.34. The highest BCUT2D eigenvalue weighted by Gasteiger charge is 2.31. The number of para-hydroxylation sites is 1. The van der Waals surface area contributed by atoms with Crippen molar-refractivity contribution in [3.8, 4) is 28.8 Å². The van der Waals surface area contributed by atoms with Crippen LogP contribution in [0.5, 0.6) is 11.5 Å². The topological polar surface area (TPSA) is 143 Å².